The van der Waals surface area contributed by atoms with Crippen LogP contribution in [-0.2, 0) is 0 Å². The molecule has 0 radical (unpaired) electrons. The molecule has 0 aliphatic heterocycles. The van der Waals surface area contributed by atoms with E-state index in [-0.39, 0.29) is 0 Å². The van der Waals surface area contributed by atoms with Gasteiger partial charge in [-0.1, -0.05) is 11.6 Å². The van der Waals surface area contributed by atoms with Gasteiger partial charge >= 0.3 is 0 Å². The molecule has 0 saturated carbocycles. The average molecular weight is 280 g/mol. The smallest absolute Gasteiger partial charge is 0.169 e. The number of anilines is 4. The van der Waals surface area contributed by atoms with Gasteiger partial charge in [-0.3, -0.25) is 0 Å². The molecule has 2 aromatic rings. The maximum absolute atomic E-state index is 5.99. The van der Waals surface area contributed by atoms with Gasteiger partial charge < -0.3 is 16.5 Å². The molecule has 0 aromatic carbocycles. The van der Waals surface area contributed by atoms with Gasteiger partial charge in [0.2, 0.25) is 0 Å². The molecule has 2 heterocycles. The van der Waals surface area contributed by atoms with Gasteiger partial charge in [0.15, 0.2) is 16.8 Å². The predicted molar refractivity (Wildman–Crippen MR) is 76.3 cm³/mol. The van der Waals surface area contributed by atoms with E-state index in [1.807, 2.05) is 14.1 Å². The van der Waals surface area contributed by atoms with Crippen molar-refractivity contribution >= 4 is 34.6 Å². The van der Waals surface area contributed by atoms with Crippen molar-refractivity contribution in [3.05, 3.63) is 29.8 Å². The van der Waals surface area contributed by atoms with E-state index < -0.39 is 0 Å². The van der Waals surface area contributed by atoms with Gasteiger partial charge in [0.05, 0.1) is 5.69 Å². The molecule has 4 N–H and O–H groups in total. The van der Waals surface area contributed by atoms with Crippen molar-refractivity contribution in [2.24, 2.45) is 0 Å². The van der Waals surface area contributed by atoms with Crippen LogP contribution in [0.15, 0.2) is 24.7 Å². The Hall–Kier alpha value is -2.12. The summed E-state index contributed by atoms with van der Waals surface area (Å²) in [6.07, 6.45) is 3.02. The summed E-state index contributed by atoms with van der Waals surface area (Å²) in [5.41, 5.74) is 10.0. The van der Waals surface area contributed by atoms with Crippen LogP contribution in [0.2, 0.25) is 5.15 Å². The summed E-state index contributed by atoms with van der Waals surface area (Å²) in [5, 5.41) is 5.11. The van der Waals surface area contributed by atoms with Crippen LogP contribution in [0, 0.1) is 0 Å². The van der Waals surface area contributed by atoms with E-state index in [0.717, 1.165) is 0 Å². The van der Waals surface area contributed by atoms with Crippen molar-refractivity contribution in [1.29, 1.82) is 0 Å². The van der Waals surface area contributed by atoms with Crippen LogP contribution in [0.5, 0.6) is 0 Å². The minimum atomic E-state index is 0.350. The quantitative estimate of drug-likeness (QED) is 0.580. The van der Waals surface area contributed by atoms with Crippen molar-refractivity contribution in [1.82, 2.24) is 20.0 Å². The van der Waals surface area contributed by atoms with Gasteiger partial charge in [0.25, 0.3) is 0 Å². The SMILES string of the molecule is CN(C)Nc1ncnc(Nc2cccnc2Cl)c1N. The largest absolute Gasteiger partial charge is 0.393 e. The molecule has 19 heavy (non-hydrogen) atoms. The van der Waals surface area contributed by atoms with Crippen molar-refractivity contribution in [3.8, 4) is 0 Å². The molecule has 7 nitrogen and oxygen atoms in total. The number of nitrogens with zero attached hydrogens (tertiary/aromatic N) is 4. The lowest BCUT2D eigenvalue weighted by molar-refractivity contribution is 0.492. The normalized spacial score (nSPS) is 10.5. The molecule has 0 aliphatic carbocycles. The third kappa shape index (κ3) is 3.21. The predicted octanol–water partition coefficient (Wildman–Crippen LogP) is 1.74. The van der Waals surface area contributed by atoms with Crippen LogP contribution >= 0.6 is 11.6 Å². The van der Waals surface area contributed by atoms with E-state index in [9.17, 15) is 0 Å². The van der Waals surface area contributed by atoms with Crippen LogP contribution in [0.3, 0.4) is 0 Å². The second-order valence-corrected chi connectivity index (χ2v) is 4.32. The molecule has 2 aromatic heterocycles. The van der Waals surface area contributed by atoms with E-state index in [2.05, 4.69) is 25.7 Å². The zero-order valence-corrected chi connectivity index (χ0v) is 11.3. The number of nitrogens with one attached hydrogen (secondary N) is 2. The Morgan fingerprint density at radius 1 is 1.21 bits per heavy atom. The summed E-state index contributed by atoms with van der Waals surface area (Å²) in [7, 11) is 3.68. The monoisotopic (exact) mass is 279 g/mol. The summed E-state index contributed by atoms with van der Waals surface area (Å²) in [6, 6.07) is 3.56. The lowest BCUT2D eigenvalue weighted by Gasteiger charge is -2.16. The molecule has 100 valence electrons. The first-order chi connectivity index (χ1) is 9.08. The van der Waals surface area contributed by atoms with Crippen LogP contribution in [-0.4, -0.2) is 34.1 Å². The van der Waals surface area contributed by atoms with Crippen LogP contribution in [0.1, 0.15) is 0 Å². The lowest BCUT2D eigenvalue weighted by Crippen LogP contribution is -2.21. The molecule has 0 fully saturated rings. The fraction of sp³-hybridized carbons (Fsp3) is 0.182. The summed E-state index contributed by atoms with van der Waals surface area (Å²) in [5.74, 6) is 0.983. The van der Waals surface area contributed by atoms with Gasteiger partial charge in [-0.05, 0) is 12.1 Å². The zero-order valence-electron chi connectivity index (χ0n) is 10.6. The summed E-state index contributed by atoms with van der Waals surface area (Å²) < 4.78 is 0. The number of rotatable bonds is 4. The minimum Gasteiger partial charge on any atom is -0.393 e. The topological polar surface area (TPSA) is 92.0 Å². The maximum atomic E-state index is 5.99. The highest BCUT2D eigenvalue weighted by molar-refractivity contribution is 6.32. The van der Waals surface area contributed by atoms with Crippen LogP contribution in [0.4, 0.5) is 23.0 Å². The minimum absolute atomic E-state index is 0.350. The number of hydrogen-bond acceptors (Lipinski definition) is 7. The van der Waals surface area contributed by atoms with Crippen molar-refractivity contribution in [3.63, 3.8) is 0 Å². The van der Waals surface area contributed by atoms with E-state index in [1.54, 1.807) is 23.3 Å². The Bertz CT molecular complexity index is 573. The Morgan fingerprint density at radius 2 is 1.95 bits per heavy atom. The van der Waals surface area contributed by atoms with Crippen molar-refractivity contribution in [2.75, 3.05) is 30.6 Å². The fourth-order valence-corrected chi connectivity index (χ4v) is 1.57. The van der Waals surface area contributed by atoms with Crippen LogP contribution < -0.4 is 16.5 Å². The second-order valence-electron chi connectivity index (χ2n) is 3.96. The van der Waals surface area contributed by atoms with Gasteiger partial charge in [-0.25, -0.2) is 20.0 Å². The molecule has 0 unspecified atom stereocenters. The number of hydrazine groups is 1. The highest BCUT2D eigenvalue weighted by Crippen LogP contribution is 2.28. The number of aromatic nitrogens is 3. The van der Waals surface area contributed by atoms with Crippen molar-refractivity contribution < 1.29 is 0 Å². The molecule has 0 atom stereocenters. The standard InChI is InChI=1S/C11H14ClN7/c1-19(2)18-11-8(13)10(15-6-16-11)17-7-4-3-5-14-9(7)12/h3-6H,13H2,1-2H3,(H2,15,16,17,18). The Kier molecular flexibility index (Phi) is 3.98. The zero-order chi connectivity index (χ0) is 13.8. The van der Waals surface area contributed by atoms with E-state index >= 15 is 0 Å². The number of halogens is 1. The number of hydrogen-bond donors (Lipinski definition) is 3. The Labute approximate surface area is 115 Å². The molecule has 0 spiro atoms. The van der Waals surface area contributed by atoms with E-state index in [1.165, 1.54) is 6.33 Å². The Balaban J connectivity index is 2.28. The first-order valence-electron chi connectivity index (χ1n) is 5.50. The molecule has 2 rings (SSSR count). The van der Waals surface area contributed by atoms with Gasteiger partial charge in [-0.2, -0.15) is 0 Å². The molecule has 0 saturated heterocycles. The van der Waals surface area contributed by atoms with Gasteiger partial charge in [0, 0.05) is 20.3 Å². The summed E-state index contributed by atoms with van der Waals surface area (Å²) in [6.45, 7) is 0. The molecule has 8 heteroatoms. The highest BCUT2D eigenvalue weighted by atomic mass is 35.5. The molecule has 0 amide bonds. The molecular formula is C11H14ClN7. The maximum Gasteiger partial charge on any atom is 0.169 e. The Morgan fingerprint density at radius 3 is 2.63 bits per heavy atom. The average Bonchev–Trinajstić information content (AvgIpc) is 2.36. The first-order valence-corrected chi connectivity index (χ1v) is 5.87. The summed E-state index contributed by atoms with van der Waals surface area (Å²) in [4.78, 5) is 12.1. The van der Waals surface area contributed by atoms with Gasteiger partial charge in [0.1, 0.15) is 12.0 Å². The third-order valence-electron chi connectivity index (χ3n) is 2.23. The van der Waals surface area contributed by atoms with Crippen molar-refractivity contribution in [2.45, 2.75) is 0 Å². The van der Waals surface area contributed by atoms with Crippen LogP contribution in [0.25, 0.3) is 0 Å². The lowest BCUT2D eigenvalue weighted by atomic mass is 10.4. The summed E-state index contributed by atoms with van der Waals surface area (Å²) >= 11 is 5.97. The molecule has 0 aliphatic rings. The molecular weight excluding hydrogens is 266 g/mol. The second kappa shape index (κ2) is 5.68. The highest BCUT2D eigenvalue weighted by Gasteiger charge is 2.10. The molecule has 0 bridgehead atoms. The first kappa shape index (κ1) is 13.3. The fourth-order valence-electron chi connectivity index (χ4n) is 1.40. The number of nitrogen functional groups attached to an aromatic ring is 1. The van der Waals surface area contributed by atoms with E-state index in [0.29, 0.717) is 28.2 Å². The third-order valence-corrected chi connectivity index (χ3v) is 2.53. The van der Waals surface area contributed by atoms with Gasteiger partial charge in [-0.15, -0.1) is 0 Å². The number of pyridine rings is 1. The van der Waals surface area contributed by atoms with E-state index in [4.69, 9.17) is 17.3 Å². The number of nitrogens with two attached hydrogens (primary N) is 1.